The number of hydrogen-bond acceptors (Lipinski definition) is 5. The van der Waals surface area contributed by atoms with Crippen LogP contribution in [0.1, 0.15) is 35.0 Å². The lowest BCUT2D eigenvalue weighted by Crippen LogP contribution is -2.25. The first kappa shape index (κ1) is 17.9. The summed E-state index contributed by atoms with van der Waals surface area (Å²) in [5.41, 5.74) is 3.13. The Hall–Kier alpha value is -3.14. The quantitative estimate of drug-likeness (QED) is 0.500. The first-order chi connectivity index (χ1) is 13.9. The zero-order valence-electron chi connectivity index (χ0n) is 15.5. The smallest absolute Gasteiger partial charge is 0.226 e. The van der Waals surface area contributed by atoms with Gasteiger partial charge in [0.15, 0.2) is 17.3 Å². The van der Waals surface area contributed by atoms with E-state index in [1.165, 1.54) is 6.07 Å². The first-order valence-corrected chi connectivity index (χ1v) is 9.75. The maximum absolute atomic E-state index is 13.7. The summed E-state index contributed by atoms with van der Waals surface area (Å²) in [5, 5.41) is 20.2. The molecule has 0 fully saturated rings. The third-order valence-corrected chi connectivity index (χ3v) is 5.68. The maximum atomic E-state index is 13.7. The lowest BCUT2D eigenvalue weighted by atomic mass is 9.86. The number of nitrogens with zero attached hydrogens (tertiary/aromatic N) is 6. The van der Waals surface area contributed by atoms with Gasteiger partial charge in [-0.3, -0.25) is 4.79 Å². The van der Waals surface area contributed by atoms with E-state index in [-0.39, 0.29) is 24.1 Å². The molecule has 0 spiro atoms. The zero-order valence-corrected chi connectivity index (χ0v) is 17.1. The number of carbonyl (C=O) groups is 1. The third-order valence-electron chi connectivity index (χ3n) is 5.07. The minimum absolute atomic E-state index is 0.134. The SMILES string of the molecule is Cc1nn(-c2ccc3nnc(C)n3n2)c2c1C(c1ccc(F)c(Br)c1)CC(=O)N2. The van der Waals surface area contributed by atoms with Crippen molar-refractivity contribution < 1.29 is 9.18 Å². The van der Waals surface area contributed by atoms with Crippen LogP contribution >= 0.6 is 15.9 Å². The molecule has 3 aromatic heterocycles. The van der Waals surface area contributed by atoms with Gasteiger partial charge in [0.25, 0.3) is 0 Å². The van der Waals surface area contributed by atoms with Crippen molar-refractivity contribution in [1.82, 2.24) is 29.6 Å². The standard InChI is InChI=1S/C19H15BrFN7O/c1-9-18-12(11-3-4-14(21)13(20)7-11)8-17(29)22-19(18)28(25-9)16-6-5-15-24-23-10(2)27(15)26-16/h3-7,12H,8H2,1-2H3,(H,22,29). The molecule has 1 amide bonds. The predicted molar refractivity (Wildman–Crippen MR) is 107 cm³/mol. The van der Waals surface area contributed by atoms with Gasteiger partial charge in [0.05, 0.1) is 10.2 Å². The largest absolute Gasteiger partial charge is 0.310 e. The molecule has 1 aromatic carbocycles. The molecule has 1 N–H and O–H groups in total. The van der Waals surface area contributed by atoms with Crippen molar-refractivity contribution in [3.8, 4) is 5.82 Å². The van der Waals surface area contributed by atoms with Gasteiger partial charge in [-0.25, -0.2) is 4.39 Å². The van der Waals surface area contributed by atoms with Gasteiger partial charge in [0.1, 0.15) is 11.6 Å². The highest BCUT2D eigenvalue weighted by atomic mass is 79.9. The summed E-state index contributed by atoms with van der Waals surface area (Å²) in [4.78, 5) is 12.5. The maximum Gasteiger partial charge on any atom is 0.226 e. The first-order valence-electron chi connectivity index (χ1n) is 8.96. The molecule has 0 bridgehead atoms. The lowest BCUT2D eigenvalue weighted by molar-refractivity contribution is -0.116. The van der Waals surface area contributed by atoms with Gasteiger partial charge in [0, 0.05) is 17.9 Å². The topological polar surface area (TPSA) is 90.0 Å². The Morgan fingerprint density at radius 1 is 1.17 bits per heavy atom. The molecule has 146 valence electrons. The van der Waals surface area contributed by atoms with Crippen LogP contribution in [0.25, 0.3) is 11.5 Å². The Balaban J connectivity index is 1.68. The number of hydrogen-bond donors (Lipinski definition) is 1. The summed E-state index contributed by atoms with van der Waals surface area (Å²) < 4.78 is 17.3. The molecule has 0 saturated carbocycles. The number of aryl methyl sites for hydroxylation is 2. The molecule has 1 atom stereocenters. The summed E-state index contributed by atoms with van der Waals surface area (Å²) in [6, 6.07) is 8.39. The van der Waals surface area contributed by atoms with Crippen LogP contribution < -0.4 is 5.32 Å². The Bertz CT molecular complexity index is 1300. The number of carbonyl (C=O) groups excluding carboxylic acids is 1. The van der Waals surface area contributed by atoms with Gasteiger partial charge in [-0.05, 0) is 59.6 Å². The third kappa shape index (κ3) is 2.82. The van der Waals surface area contributed by atoms with E-state index < -0.39 is 0 Å². The molecule has 0 saturated heterocycles. The Kier molecular flexibility index (Phi) is 3.98. The second-order valence-corrected chi connectivity index (χ2v) is 7.80. The fourth-order valence-electron chi connectivity index (χ4n) is 3.73. The number of halogens is 2. The number of aromatic nitrogens is 6. The molecule has 1 aliphatic heterocycles. The van der Waals surface area contributed by atoms with E-state index in [2.05, 4.69) is 41.6 Å². The number of rotatable bonds is 2. The minimum atomic E-state index is -0.344. The molecule has 8 nitrogen and oxygen atoms in total. The monoisotopic (exact) mass is 455 g/mol. The van der Waals surface area contributed by atoms with E-state index in [1.54, 1.807) is 33.5 Å². The van der Waals surface area contributed by atoms with Crippen LogP contribution in [0.2, 0.25) is 0 Å². The number of anilines is 1. The fourth-order valence-corrected chi connectivity index (χ4v) is 4.12. The van der Waals surface area contributed by atoms with Crippen LogP contribution in [0.4, 0.5) is 10.2 Å². The van der Waals surface area contributed by atoms with Crippen LogP contribution in [-0.4, -0.2) is 35.5 Å². The predicted octanol–water partition coefficient (Wildman–Crippen LogP) is 3.30. The van der Waals surface area contributed by atoms with E-state index in [1.807, 2.05) is 13.8 Å². The van der Waals surface area contributed by atoms with Crippen LogP contribution in [0, 0.1) is 19.7 Å². The highest BCUT2D eigenvalue weighted by Gasteiger charge is 2.33. The van der Waals surface area contributed by atoms with Crippen molar-refractivity contribution in [2.24, 2.45) is 0 Å². The fraction of sp³-hybridized carbons (Fsp3) is 0.211. The Morgan fingerprint density at radius 3 is 2.79 bits per heavy atom. The zero-order chi connectivity index (χ0) is 20.3. The number of amides is 1. The molecular formula is C19H15BrFN7O. The summed E-state index contributed by atoms with van der Waals surface area (Å²) in [7, 11) is 0. The molecule has 5 rings (SSSR count). The molecule has 0 radical (unpaired) electrons. The average Bonchev–Trinajstić information content (AvgIpc) is 3.23. The summed E-state index contributed by atoms with van der Waals surface area (Å²) in [5.74, 6) is 1.05. The van der Waals surface area contributed by atoms with Gasteiger partial charge >= 0.3 is 0 Å². The van der Waals surface area contributed by atoms with Crippen molar-refractivity contribution in [2.45, 2.75) is 26.2 Å². The van der Waals surface area contributed by atoms with E-state index in [9.17, 15) is 9.18 Å². The van der Waals surface area contributed by atoms with Crippen molar-refractivity contribution in [3.63, 3.8) is 0 Å². The highest BCUT2D eigenvalue weighted by molar-refractivity contribution is 9.10. The van der Waals surface area contributed by atoms with Gasteiger partial charge in [-0.2, -0.15) is 14.3 Å². The molecule has 1 aliphatic rings. The van der Waals surface area contributed by atoms with Gasteiger partial charge < -0.3 is 5.32 Å². The van der Waals surface area contributed by atoms with E-state index >= 15 is 0 Å². The van der Waals surface area contributed by atoms with Gasteiger partial charge in [-0.1, -0.05) is 6.07 Å². The minimum Gasteiger partial charge on any atom is -0.310 e. The lowest BCUT2D eigenvalue weighted by Gasteiger charge is -2.24. The molecular weight excluding hydrogens is 441 g/mol. The Morgan fingerprint density at radius 2 is 2.00 bits per heavy atom. The molecule has 1 unspecified atom stereocenters. The molecule has 4 heterocycles. The van der Waals surface area contributed by atoms with Crippen LogP contribution in [0.5, 0.6) is 0 Å². The van der Waals surface area contributed by atoms with E-state index in [4.69, 9.17) is 0 Å². The van der Waals surface area contributed by atoms with Crippen molar-refractivity contribution in [3.05, 3.63) is 63.3 Å². The molecule has 0 aliphatic carbocycles. The normalized spacial score (nSPS) is 16.1. The van der Waals surface area contributed by atoms with E-state index in [0.29, 0.717) is 27.6 Å². The van der Waals surface area contributed by atoms with Crippen molar-refractivity contribution >= 4 is 33.3 Å². The summed E-state index contributed by atoms with van der Waals surface area (Å²) in [6.07, 6.45) is 0.259. The number of nitrogens with one attached hydrogen (secondary N) is 1. The van der Waals surface area contributed by atoms with Crippen LogP contribution in [0.15, 0.2) is 34.8 Å². The molecule has 4 aromatic rings. The second kappa shape index (κ2) is 6.45. The number of fused-ring (bicyclic) bond motifs is 2. The van der Waals surface area contributed by atoms with Crippen LogP contribution in [0.3, 0.4) is 0 Å². The number of benzene rings is 1. The van der Waals surface area contributed by atoms with Gasteiger partial charge in [0.2, 0.25) is 5.91 Å². The van der Waals surface area contributed by atoms with Crippen molar-refractivity contribution in [2.75, 3.05) is 5.32 Å². The summed E-state index contributed by atoms with van der Waals surface area (Å²) >= 11 is 3.23. The highest BCUT2D eigenvalue weighted by Crippen LogP contribution is 2.40. The van der Waals surface area contributed by atoms with Crippen molar-refractivity contribution in [1.29, 1.82) is 0 Å². The Labute approximate surface area is 172 Å². The molecule has 10 heteroatoms. The second-order valence-electron chi connectivity index (χ2n) is 6.95. The summed E-state index contributed by atoms with van der Waals surface area (Å²) in [6.45, 7) is 3.70. The van der Waals surface area contributed by atoms with Gasteiger partial charge in [-0.15, -0.1) is 15.3 Å². The van der Waals surface area contributed by atoms with Crippen LogP contribution in [-0.2, 0) is 4.79 Å². The molecule has 29 heavy (non-hydrogen) atoms. The average molecular weight is 456 g/mol. The van der Waals surface area contributed by atoms with E-state index in [0.717, 1.165) is 16.8 Å².